The molecule has 0 saturated carbocycles. The summed E-state index contributed by atoms with van der Waals surface area (Å²) in [4.78, 5) is 28.8. The number of rotatable bonds is 1. The lowest BCUT2D eigenvalue weighted by Crippen LogP contribution is -2.37. The molecule has 0 bridgehead atoms. The highest BCUT2D eigenvalue weighted by Crippen LogP contribution is 2.34. The first-order valence-electron chi connectivity index (χ1n) is 9.61. The third kappa shape index (κ3) is 2.78. The van der Waals surface area contributed by atoms with Crippen molar-refractivity contribution in [2.24, 2.45) is 7.05 Å². The number of carbonyl (C=O) groups excluding carboxylic acids is 2. The number of carbonyl (C=O) groups is 2. The molecule has 1 aromatic carbocycles. The van der Waals surface area contributed by atoms with Crippen molar-refractivity contribution in [2.45, 2.75) is 38.7 Å². The van der Waals surface area contributed by atoms with Gasteiger partial charge in [-0.15, -0.1) is 0 Å². The molecule has 2 amide bonds. The maximum Gasteiger partial charge on any atom is 0.410 e. The first kappa shape index (κ1) is 17.9. The number of likely N-dealkylation sites (tertiary alicyclic amines) is 1. The van der Waals surface area contributed by atoms with Gasteiger partial charge in [0.05, 0.1) is 12.1 Å². The predicted molar refractivity (Wildman–Crippen MR) is 104 cm³/mol. The molecule has 6 nitrogen and oxygen atoms in total. The van der Waals surface area contributed by atoms with Gasteiger partial charge in [-0.1, -0.05) is 18.2 Å². The van der Waals surface area contributed by atoms with Crippen LogP contribution in [0.5, 0.6) is 0 Å². The number of amides is 2. The largest absolute Gasteiger partial charge is 0.441 e. The lowest BCUT2D eigenvalue weighted by Gasteiger charge is -2.25. The molecular formula is C21H27N3O3. The lowest BCUT2D eigenvalue weighted by molar-refractivity contribution is 0.0438. The van der Waals surface area contributed by atoms with E-state index in [1.54, 1.807) is 11.9 Å². The molecule has 2 fully saturated rings. The van der Waals surface area contributed by atoms with Crippen molar-refractivity contribution in [3.8, 4) is 0 Å². The molecule has 2 aliphatic heterocycles. The molecule has 144 valence electrons. The third-order valence-electron chi connectivity index (χ3n) is 6.20. The molecule has 1 atom stereocenters. The monoisotopic (exact) mass is 369 g/mol. The molecular weight excluding hydrogens is 342 g/mol. The normalized spacial score (nSPS) is 23.2. The van der Waals surface area contributed by atoms with Gasteiger partial charge in [0.1, 0.15) is 11.3 Å². The van der Waals surface area contributed by atoms with Gasteiger partial charge >= 0.3 is 6.09 Å². The lowest BCUT2D eigenvalue weighted by atomic mass is 9.95. The third-order valence-corrected chi connectivity index (χ3v) is 6.20. The Morgan fingerprint density at radius 3 is 2.59 bits per heavy atom. The van der Waals surface area contributed by atoms with Crippen molar-refractivity contribution in [3.05, 3.63) is 35.0 Å². The second-order valence-corrected chi connectivity index (χ2v) is 8.06. The van der Waals surface area contributed by atoms with E-state index in [0.29, 0.717) is 26.1 Å². The van der Waals surface area contributed by atoms with Crippen LogP contribution in [0.2, 0.25) is 0 Å². The van der Waals surface area contributed by atoms with Crippen molar-refractivity contribution in [1.29, 1.82) is 0 Å². The van der Waals surface area contributed by atoms with Crippen molar-refractivity contribution >= 4 is 22.9 Å². The Morgan fingerprint density at radius 1 is 1.15 bits per heavy atom. The van der Waals surface area contributed by atoms with Crippen molar-refractivity contribution < 1.29 is 14.3 Å². The van der Waals surface area contributed by atoms with E-state index in [0.717, 1.165) is 35.0 Å². The van der Waals surface area contributed by atoms with Crippen molar-refractivity contribution in [3.63, 3.8) is 0 Å². The molecule has 6 heteroatoms. The molecule has 2 aromatic rings. The topological polar surface area (TPSA) is 54.8 Å². The van der Waals surface area contributed by atoms with E-state index in [1.807, 2.05) is 29.5 Å². The molecule has 1 spiro atoms. The van der Waals surface area contributed by atoms with Crippen LogP contribution in [0.3, 0.4) is 0 Å². The summed E-state index contributed by atoms with van der Waals surface area (Å²) in [5.74, 6) is 0.0697. The first-order chi connectivity index (χ1) is 12.8. The zero-order valence-electron chi connectivity index (χ0n) is 16.5. The van der Waals surface area contributed by atoms with E-state index in [-0.39, 0.29) is 12.0 Å². The highest BCUT2D eigenvalue weighted by Gasteiger charge is 2.45. The number of aryl methyl sites for hydroxylation is 3. The molecule has 0 unspecified atom stereocenters. The Labute approximate surface area is 159 Å². The maximum atomic E-state index is 13.4. The molecule has 0 aliphatic carbocycles. The first-order valence-corrected chi connectivity index (χ1v) is 9.61. The number of fused-ring (bicyclic) bond motifs is 1. The van der Waals surface area contributed by atoms with Crippen LogP contribution in [0.15, 0.2) is 18.2 Å². The predicted octanol–water partition coefficient (Wildman–Crippen LogP) is 3.24. The standard InChI is InChI=1S/C21H27N3O3/c1-14-7-5-8-16-15(2)18(23(4)17(14)16)19(25)24-11-6-9-21(10-12-24)13-22(3)20(26)27-21/h5,7-8H,6,9-13H2,1-4H3/t21-/m1/s1. The minimum absolute atomic E-state index is 0.0697. The SMILES string of the molecule is Cc1c(C(=O)N2CCC[C@@]3(CC2)CN(C)C(=O)O3)n(C)c2c(C)cccc12. The Bertz CT molecular complexity index is 932. The smallest absolute Gasteiger partial charge is 0.410 e. The molecule has 0 radical (unpaired) electrons. The van der Waals surface area contributed by atoms with E-state index < -0.39 is 5.60 Å². The van der Waals surface area contributed by atoms with Crippen molar-refractivity contribution in [1.82, 2.24) is 14.4 Å². The maximum absolute atomic E-state index is 13.4. The Morgan fingerprint density at radius 2 is 1.93 bits per heavy atom. The van der Waals surface area contributed by atoms with Crippen LogP contribution in [0, 0.1) is 13.8 Å². The van der Waals surface area contributed by atoms with Gasteiger partial charge in [-0.05, 0) is 37.8 Å². The zero-order valence-corrected chi connectivity index (χ0v) is 16.5. The van der Waals surface area contributed by atoms with Crippen LogP contribution in [0.4, 0.5) is 4.79 Å². The summed E-state index contributed by atoms with van der Waals surface area (Å²) in [5.41, 5.74) is 3.65. The summed E-state index contributed by atoms with van der Waals surface area (Å²) in [7, 11) is 3.74. The van der Waals surface area contributed by atoms with E-state index in [1.165, 1.54) is 5.56 Å². The average molecular weight is 369 g/mol. The summed E-state index contributed by atoms with van der Waals surface area (Å²) in [6, 6.07) is 6.20. The van der Waals surface area contributed by atoms with Gasteiger partial charge in [0.25, 0.3) is 5.91 Å². The van der Waals surface area contributed by atoms with Gasteiger partial charge in [-0.3, -0.25) is 4.79 Å². The van der Waals surface area contributed by atoms with Gasteiger partial charge < -0.3 is 19.1 Å². The second kappa shape index (κ2) is 6.29. The van der Waals surface area contributed by atoms with E-state index >= 15 is 0 Å². The highest BCUT2D eigenvalue weighted by atomic mass is 16.6. The molecule has 27 heavy (non-hydrogen) atoms. The number of hydrogen-bond acceptors (Lipinski definition) is 3. The van der Waals surface area contributed by atoms with Crippen LogP contribution < -0.4 is 0 Å². The van der Waals surface area contributed by atoms with Gasteiger partial charge in [0.15, 0.2) is 0 Å². The molecule has 3 heterocycles. The average Bonchev–Trinajstić information content (AvgIpc) is 2.94. The number of aromatic nitrogens is 1. The molecule has 1 aromatic heterocycles. The second-order valence-electron chi connectivity index (χ2n) is 8.06. The number of ether oxygens (including phenoxy) is 1. The van der Waals surface area contributed by atoms with Crippen LogP contribution in [0.25, 0.3) is 10.9 Å². The van der Waals surface area contributed by atoms with Gasteiger partial charge in [0, 0.05) is 39.0 Å². The van der Waals surface area contributed by atoms with E-state index in [2.05, 4.69) is 19.1 Å². The zero-order chi connectivity index (χ0) is 19.3. The fourth-order valence-corrected chi connectivity index (χ4v) is 4.77. The Hall–Kier alpha value is -2.50. The number of benzene rings is 1. The Balaban J connectivity index is 1.62. The molecule has 2 saturated heterocycles. The molecule has 0 N–H and O–H groups in total. The summed E-state index contributed by atoms with van der Waals surface area (Å²) in [6.45, 7) is 6.03. The van der Waals surface area contributed by atoms with Crippen LogP contribution >= 0.6 is 0 Å². The quantitative estimate of drug-likeness (QED) is 0.775. The van der Waals surface area contributed by atoms with Gasteiger partial charge in [-0.2, -0.15) is 0 Å². The summed E-state index contributed by atoms with van der Waals surface area (Å²) >= 11 is 0. The van der Waals surface area contributed by atoms with Crippen LogP contribution in [0.1, 0.15) is 40.9 Å². The number of nitrogens with zero attached hydrogens (tertiary/aromatic N) is 3. The fourth-order valence-electron chi connectivity index (χ4n) is 4.77. The van der Waals surface area contributed by atoms with Gasteiger partial charge in [-0.25, -0.2) is 4.79 Å². The summed E-state index contributed by atoms with van der Waals surface area (Å²) in [6.07, 6.45) is 2.08. The number of para-hydroxylation sites is 1. The van der Waals surface area contributed by atoms with E-state index in [9.17, 15) is 9.59 Å². The Kier molecular flexibility index (Phi) is 4.17. The van der Waals surface area contributed by atoms with E-state index in [4.69, 9.17) is 4.74 Å². The highest BCUT2D eigenvalue weighted by molar-refractivity contribution is 6.02. The molecule has 4 rings (SSSR count). The minimum Gasteiger partial charge on any atom is -0.441 e. The number of likely N-dealkylation sites (N-methyl/N-ethyl adjacent to an activating group) is 1. The molecule has 2 aliphatic rings. The fraction of sp³-hybridized carbons (Fsp3) is 0.524. The number of hydrogen-bond donors (Lipinski definition) is 0. The van der Waals surface area contributed by atoms with Gasteiger partial charge in [0.2, 0.25) is 0 Å². The summed E-state index contributed by atoms with van der Waals surface area (Å²) in [5, 5.41) is 1.14. The minimum atomic E-state index is -0.439. The van der Waals surface area contributed by atoms with Crippen LogP contribution in [-0.2, 0) is 11.8 Å². The van der Waals surface area contributed by atoms with Crippen LogP contribution in [-0.4, -0.2) is 58.7 Å². The summed E-state index contributed by atoms with van der Waals surface area (Å²) < 4.78 is 7.70. The van der Waals surface area contributed by atoms with Crippen molar-refractivity contribution in [2.75, 3.05) is 26.7 Å².